The highest BCUT2D eigenvalue weighted by Crippen LogP contribution is 2.28. The van der Waals surface area contributed by atoms with Crippen molar-refractivity contribution in [1.29, 1.82) is 0 Å². The van der Waals surface area contributed by atoms with E-state index < -0.39 is 5.97 Å². The number of hydrogen-bond acceptors (Lipinski definition) is 3. The Kier molecular flexibility index (Phi) is 5.95. The number of ether oxygens (including phenoxy) is 1. The monoisotopic (exact) mass is 305 g/mol. The van der Waals surface area contributed by atoms with Crippen molar-refractivity contribution in [1.82, 2.24) is 5.32 Å². The first kappa shape index (κ1) is 16.5. The van der Waals surface area contributed by atoms with E-state index >= 15 is 0 Å². The minimum atomic E-state index is -0.957. The minimum absolute atomic E-state index is 0.0162. The van der Waals surface area contributed by atoms with Crippen molar-refractivity contribution in [2.45, 2.75) is 44.8 Å². The molecule has 0 aromatic heterocycles. The third kappa shape index (κ3) is 4.84. The van der Waals surface area contributed by atoms with Gasteiger partial charge in [0.15, 0.2) is 0 Å². The first-order chi connectivity index (χ1) is 10.6. The number of aromatic carboxylic acids is 1. The van der Waals surface area contributed by atoms with Crippen LogP contribution in [-0.2, 0) is 16.1 Å². The molecule has 1 aliphatic carbocycles. The Balaban J connectivity index is 1.80. The SMILES string of the molecule is COC1CCCC(CC(=O)NCc2cccc(C(=O)O)c2)C1. The van der Waals surface area contributed by atoms with Gasteiger partial charge in [0, 0.05) is 20.1 Å². The zero-order valence-corrected chi connectivity index (χ0v) is 12.9. The molecular formula is C17H23NO4. The van der Waals surface area contributed by atoms with Gasteiger partial charge in [-0.2, -0.15) is 0 Å². The van der Waals surface area contributed by atoms with Gasteiger partial charge in [0.25, 0.3) is 0 Å². The molecule has 2 N–H and O–H groups in total. The quantitative estimate of drug-likeness (QED) is 0.847. The number of carboxylic acid groups (broad SMARTS) is 1. The first-order valence-corrected chi connectivity index (χ1v) is 7.70. The van der Waals surface area contributed by atoms with E-state index in [1.807, 2.05) is 6.07 Å². The van der Waals surface area contributed by atoms with Gasteiger partial charge in [-0.05, 0) is 42.9 Å². The molecular weight excluding hydrogens is 282 g/mol. The van der Waals surface area contributed by atoms with Gasteiger partial charge < -0.3 is 15.2 Å². The van der Waals surface area contributed by atoms with Crippen LogP contribution < -0.4 is 5.32 Å². The summed E-state index contributed by atoms with van der Waals surface area (Å²) in [6, 6.07) is 6.63. The summed E-state index contributed by atoms with van der Waals surface area (Å²) in [7, 11) is 1.72. The molecule has 1 aromatic carbocycles. The Morgan fingerprint density at radius 3 is 2.91 bits per heavy atom. The molecule has 1 amide bonds. The van der Waals surface area contributed by atoms with Crippen LogP contribution >= 0.6 is 0 Å². The van der Waals surface area contributed by atoms with E-state index in [2.05, 4.69) is 5.32 Å². The Morgan fingerprint density at radius 2 is 2.18 bits per heavy atom. The number of amides is 1. The van der Waals surface area contributed by atoms with Crippen LogP contribution in [0.15, 0.2) is 24.3 Å². The van der Waals surface area contributed by atoms with Crippen molar-refractivity contribution in [3.63, 3.8) is 0 Å². The van der Waals surface area contributed by atoms with Gasteiger partial charge in [-0.15, -0.1) is 0 Å². The lowest BCUT2D eigenvalue weighted by Crippen LogP contribution is -2.29. The highest BCUT2D eigenvalue weighted by Gasteiger charge is 2.23. The average molecular weight is 305 g/mol. The molecule has 2 rings (SSSR count). The van der Waals surface area contributed by atoms with Crippen molar-refractivity contribution in [2.24, 2.45) is 5.92 Å². The summed E-state index contributed by atoms with van der Waals surface area (Å²) in [5, 5.41) is 11.8. The fraction of sp³-hybridized carbons (Fsp3) is 0.529. The maximum Gasteiger partial charge on any atom is 0.335 e. The predicted octanol–water partition coefficient (Wildman–Crippen LogP) is 2.60. The second-order valence-corrected chi connectivity index (χ2v) is 5.88. The molecule has 0 aliphatic heterocycles. The van der Waals surface area contributed by atoms with Crippen molar-refractivity contribution in [2.75, 3.05) is 7.11 Å². The van der Waals surface area contributed by atoms with Gasteiger partial charge in [0.2, 0.25) is 5.91 Å². The first-order valence-electron chi connectivity index (χ1n) is 7.70. The molecule has 0 heterocycles. The summed E-state index contributed by atoms with van der Waals surface area (Å²) in [4.78, 5) is 22.9. The van der Waals surface area contributed by atoms with Gasteiger partial charge in [-0.1, -0.05) is 18.6 Å². The van der Waals surface area contributed by atoms with Gasteiger partial charge in [0.05, 0.1) is 11.7 Å². The summed E-state index contributed by atoms with van der Waals surface area (Å²) < 4.78 is 5.38. The van der Waals surface area contributed by atoms with E-state index in [-0.39, 0.29) is 17.6 Å². The van der Waals surface area contributed by atoms with Crippen molar-refractivity contribution < 1.29 is 19.4 Å². The molecule has 22 heavy (non-hydrogen) atoms. The molecule has 1 aromatic rings. The molecule has 120 valence electrons. The summed E-state index contributed by atoms with van der Waals surface area (Å²) in [5.74, 6) is -0.562. The fourth-order valence-corrected chi connectivity index (χ4v) is 2.99. The summed E-state index contributed by atoms with van der Waals surface area (Å²) in [6.07, 6.45) is 4.99. The van der Waals surface area contributed by atoms with Crippen LogP contribution in [0.25, 0.3) is 0 Å². The highest BCUT2D eigenvalue weighted by atomic mass is 16.5. The van der Waals surface area contributed by atoms with Gasteiger partial charge in [-0.25, -0.2) is 4.79 Å². The van der Waals surface area contributed by atoms with E-state index in [4.69, 9.17) is 9.84 Å². The number of carboxylic acids is 1. The summed E-state index contributed by atoms with van der Waals surface area (Å²) in [5.41, 5.74) is 1.04. The lowest BCUT2D eigenvalue weighted by atomic mass is 9.85. The molecule has 0 radical (unpaired) electrons. The molecule has 0 spiro atoms. The molecule has 1 aliphatic rings. The van der Waals surface area contributed by atoms with Crippen LogP contribution in [0.2, 0.25) is 0 Å². The Hall–Kier alpha value is -1.88. The molecule has 2 unspecified atom stereocenters. The number of benzene rings is 1. The molecule has 0 saturated heterocycles. The maximum absolute atomic E-state index is 12.0. The van der Waals surface area contributed by atoms with E-state index in [0.717, 1.165) is 31.2 Å². The minimum Gasteiger partial charge on any atom is -0.478 e. The fourth-order valence-electron chi connectivity index (χ4n) is 2.99. The molecule has 5 heteroatoms. The lowest BCUT2D eigenvalue weighted by molar-refractivity contribution is -0.122. The zero-order chi connectivity index (χ0) is 15.9. The van der Waals surface area contributed by atoms with Crippen molar-refractivity contribution in [3.8, 4) is 0 Å². The lowest BCUT2D eigenvalue weighted by Gasteiger charge is -2.27. The second-order valence-electron chi connectivity index (χ2n) is 5.88. The van der Waals surface area contributed by atoms with Crippen molar-refractivity contribution in [3.05, 3.63) is 35.4 Å². The molecule has 1 fully saturated rings. The normalized spacial score (nSPS) is 21.3. The Labute approximate surface area is 130 Å². The van der Waals surface area contributed by atoms with Gasteiger partial charge in [-0.3, -0.25) is 4.79 Å². The van der Waals surface area contributed by atoms with E-state index in [9.17, 15) is 9.59 Å². The van der Waals surface area contributed by atoms with Crippen LogP contribution in [0.4, 0.5) is 0 Å². The predicted molar refractivity (Wildman–Crippen MR) is 82.6 cm³/mol. The Morgan fingerprint density at radius 1 is 1.36 bits per heavy atom. The Bertz CT molecular complexity index is 529. The van der Waals surface area contributed by atoms with Crippen LogP contribution in [0, 0.1) is 5.92 Å². The van der Waals surface area contributed by atoms with Crippen LogP contribution in [0.1, 0.15) is 48.0 Å². The molecule has 1 saturated carbocycles. The van der Waals surface area contributed by atoms with E-state index in [1.165, 1.54) is 0 Å². The number of nitrogens with one attached hydrogen (secondary N) is 1. The third-order valence-electron chi connectivity index (χ3n) is 4.21. The van der Waals surface area contributed by atoms with Crippen LogP contribution in [-0.4, -0.2) is 30.2 Å². The number of hydrogen-bond donors (Lipinski definition) is 2. The number of methoxy groups -OCH3 is 1. The van der Waals surface area contributed by atoms with E-state index in [1.54, 1.807) is 25.3 Å². The number of carbonyl (C=O) groups excluding carboxylic acids is 1. The second kappa shape index (κ2) is 7.94. The smallest absolute Gasteiger partial charge is 0.335 e. The average Bonchev–Trinajstić information content (AvgIpc) is 2.53. The molecule has 0 bridgehead atoms. The number of carbonyl (C=O) groups is 2. The van der Waals surface area contributed by atoms with Crippen LogP contribution in [0.3, 0.4) is 0 Å². The highest BCUT2D eigenvalue weighted by molar-refractivity contribution is 5.87. The topological polar surface area (TPSA) is 75.6 Å². The van der Waals surface area contributed by atoms with Crippen molar-refractivity contribution >= 4 is 11.9 Å². The van der Waals surface area contributed by atoms with Crippen LogP contribution in [0.5, 0.6) is 0 Å². The van der Waals surface area contributed by atoms with Gasteiger partial charge in [0.1, 0.15) is 0 Å². The maximum atomic E-state index is 12.0. The number of rotatable bonds is 6. The summed E-state index contributed by atoms with van der Waals surface area (Å²) >= 11 is 0. The van der Waals surface area contributed by atoms with E-state index in [0.29, 0.717) is 18.9 Å². The molecule has 5 nitrogen and oxygen atoms in total. The molecule has 2 atom stereocenters. The zero-order valence-electron chi connectivity index (χ0n) is 12.9. The third-order valence-corrected chi connectivity index (χ3v) is 4.21. The standard InChI is InChI=1S/C17H23NO4/c1-22-15-7-3-4-12(9-15)10-16(19)18-11-13-5-2-6-14(8-13)17(20)21/h2,5-6,8,12,15H,3-4,7,9-11H2,1H3,(H,18,19)(H,20,21). The summed E-state index contributed by atoms with van der Waals surface area (Å²) in [6.45, 7) is 0.361. The van der Waals surface area contributed by atoms with Gasteiger partial charge >= 0.3 is 5.97 Å². The largest absolute Gasteiger partial charge is 0.478 e.